The molecule has 2 aliphatic rings. The Morgan fingerprint density at radius 2 is 1.62 bits per heavy atom. The summed E-state index contributed by atoms with van der Waals surface area (Å²) >= 11 is 0. The fraction of sp³-hybridized carbons (Fsp3) is 0.471. The third-order valence-corrected chi connectivity index (χ3v) is 6.29. The normalized spacial score (nSPS) is 32.3. The number of hydrogen-bond acceptors (Lipinski definition) is 4. The first-order valence-electron chi connectivity index (χ1n) is 7.34. The van der Waals surface area contributed by atoms with Crippen LogP contribution in [0.2, 0.25) is 0 Å². The van der Waals surface area contributed by atoms with Crippen molar-refractivity contribution in [1.82, 2.24) is 9.97 Å². The first-order valence-corrected chi connectivity index (χ1v) is 7.34. The van der Waals surface area contributed by atoms with Crippen LogP contribution in [0.4, 0.5) is 0 Å². The number of carboxylic acid groups (broad SMARTS) is 1. The van der Waals surface area contributed by atoms with Crippen molar-refractivity contribution < 1.29 is 9.90 Å². The molecule has 1 aromatic carbocycles. The first kappa shape index (κ1) is 12.7. The molecular weight excluding hydrogens is 264 g/mol. The van der Waals surface area contributed by atoms with Crippen LogP contribution in [-0.4, -0.2) is 15.9 Å². The van der Waals surface area contributed by atoms with Crippen LogP contribution in [0.5, 0.6) is 0 Å². The zero-order chi connectivity index (χ0) is 15.0. The number of carbonyl (C=O) groups excluding carboxylic acids is 1. The lowest BCUT2D eigenvalue weighted by Crippen LogP contribution is -2.52. The Morgan fingerprint density at radius 1 is 1.05 bits per heavy atom. The lowest BCUT2D eigenvalue weighted by Gasteiger charge is -2.41. The molecule has 0 spiro atoms. The van der Waals surface area contributed by atoms with Crippen molar-refractivity contribution in [1.29, 1.82) is 0 Å². The highest BCUT2D eigenvalue weighted by molar-refractivity contribution is 5.86. The van der Waals surface area contributed by atoms with Crippen molar-refractivity contribution >= 4 is 17.0 Å². The largest absolute Gasteiger partial charge is 0.549 e. The fourth-order valence-corrected chi connectivity index (χ4v) is 4.50. The van der Waals surface area contributed by atoms with E-state index in [0.717, 1.165) is 23.1 Å². The number of aliphatic carboxylic acids is 1. The summed E-state index contributed by atoms with van der Waals surface area (Å²) in [5.41, 5.74) is 1.33. The minimum Gasteiger partial charge on any atom is -0.549 e. The molecule has 0 aliphatic heterocycles. The molecule has 1 saturated carbocycles. The van der Waals surface area contributed by atoms with Gasteiger partial charge in [0.1, 0.15) is 0 Å². The molecule has 2 aliphatic carbocycles. The van der Waals surface area contributed by atoms with Crippen molar-refractivity contribution in [3.63, 3.8) is 0 Å². The zero-order valence-electron chi connectivity index (χ0n) is 12.4. The summed E-state index contributed by atoms with van der Waals surface area (Å²) in [6.45, 7) is 6.15. The van der Waals surface area contributed by atoms with Crippen LogP contribution in [0.25, 0.3) is 11.0 Å². The number of aromatic nitrogens is 2. The number of fused-ring (bicyclic) bond motifs is 6. The van der Waals surface area contributed by atoms with E-state index in [9.17, 15) is 9.90 Å². The van der Waals surface area contributed by atoms with E-state index in [4.69, 9.17) is 4.98 Å². The van der Waals surface area contributed by atoms with E-state index in [-0.39, 0.29) is 5.41 Å². The maximum Gasteiger partial charge on any atom is 0.0890 e. The number of carbonyl (C=O) groups is 1. The average molecular weight is 281 g/mol. The monoisotopic (exact) mass is 281 g/mol. The predicted molar refractivity (Wildman–Crippen MR) is 76.6 cm³/mol. The molecule has 4 rings (SSSR count). The quantitative estimate of drug-likeness (QED) is 0.798. The minimum absolute atomic E-state index is 0.264. The molecule has 1 aromatic heterocycles. The second kappa shape index (κ2) is 3.43. The van der Waals surface area contributed by atoms with E-state index in [0.29, 0.717) is 12.1 Å². The Labute approximate surface area is 123 Å². The van der Waals surface area contributed by atoms with E-state index in [1.165, 1.54) is 0 Å². The molecule has 4 heteroatoms. The van der Waals surface area contributed by atoms with Gasteiger partial charge in [0.05, 0.1) is 33.8 Å². The average Bonchev–Trinajstić information content (AvgIpc) is 2.74. The van der Waals surface area contributed by atoms with Crippen LogP contribution in [0.1, 0.15) is 45.0 Å². The molecule has 0 unspecified atom stereocenters. The summed E-state index contributed by atoms with van der Waals surface area (Å²) < 4.78 is 0. The number of hydrogen-bond donors (Lipinski definition) is 0. The Kier molecular flexibility index (Phi) is 2.08. The molecule has 2 aromatic rings. The molecule has 1 fully saturated rings. The van der Waals surface area contributed by atoms with Gasteiger partial charge in [-0.2, -0.15) is 0 Å². The Hall–Kier alpha value is -1.97. The molecule has 1 heterocycles. The minimum atomic E-state index is -1.02. The number of para-hydroxylation sites is 2. The van der Waals surface area contributed by atoms with Gasteiger partial charge in [0.15, 0.2) is 0 Å². The van der Waals surface area contributed by atoms with Gasteiger partial charge in [-0.25, -0.2) is 9.97 Å². The van der Waals surface area contributed by atoms with Gasteiger partial charge in [0, 0.05) is 5.41 Å². The second-order valence-electron chi connectivity index (χ2n) is 7.06. The van der Waals surface area contributed by atoms with Crippen molar-refractivity contribution in [2.75, 3.05) is 0 Å². The molecule has 0 N–H and O–H groups in total. The molecular formula is C17H17N2O2-. The summed E-state index contributed by atoms with van der Waals surface area (Å²) in [5.74, 6) is -1.01. The molecule has 0 amide bonds. The lowest BCUT2D eigenvalue weighted by atomic mass is 9.64. The standard InChI is InChI=1S/C17H18N2O2/c1-15(2)16(3)8-9-17(15,14(20)21)13-12(16)18-10-6-4-5-7-11(10)19-13/h4-7H,8-9H2,1-3H3,(H,20,21)/p-1/t16-,17+/m0/s1. The fourth-order valence-electron chi connectivity index (χ4n) is 4.50. The van der Waals surface area contributed by atoms with Crippen LogP contribution in [0.3, 0.4) is 0 Å². The lowest BCUT2D eigenvalue weighted by molar-refractivity contribution is -0.317. The molecule has 0 saturated heterocycles. The van der Waals surface area contributed by atoms with Crippen LogP contribution in [-0.2, 0) is 15.6 Å². The number of rotatable bonds is 1. The van der Waals surface area contributed by atoms with Crippen LogP contribution >= 0.6 is 0 Å². The van der Waals surface area contributed by atoms with Gasteiger partial charge in [-0.1, -0.05) is 32.9 Å². The SMILES string of the molecule is CC1(C)[C@@]2(C)CC[C@]1(C(=O)[O-])c1nc3ccccc3nc12. The first-order chi connectivity index (χ1) is 9.84. The van der Waals surface area contributed by atoms with Crippen molar-refractivity contribution in [3.8, 4) is 0 Å². The highest BCUT2D eigenvalue weighted by Gasteiger charge is 2.70. The highest BCUT2D eigenvalue weighted by atomic mass is 16.4. The van der Waals surface area contributed by atoms with Gasteiger partial charge in [0.25, 0.3) is 0 Å². The van der Waals surface area contributed by atoms with Gasteiger partial charge < -0.3 is 9.90 Å². The van der Waals surface area contributed by atoms with Gasteiger partial charge in [-0.05, 0) is 30.4 Å². The van der Waals surface area contributed by atoms with Crippen LogP contribution < -0.4 is 5.11 Å². The van der Waals surface area contributed by atoms with Crippen molar-refractivity contribution in [3.05, 3.63) is 35.7 Å². The number of nitrogens with zero attached hydrogens (tertiary/aromatic N) is 2. The maximum atomic E-state index is 12.1. The summed E-state index contributed by atoms with van der Waals surface area (Å²) in [6, 6.07) is 7.64. The molecule has 0 radical (unpaired) electrons. The zero-order valence-corrected chi connectivity index (χ0v) is 12.4. The third kappa shape index (κ3) is 1.13. The van der Waals surface area contributed by atoms with E-state index < -0.39 is 16.8 Å². The smallest absolute Gasteiger partial charge is 0.0890 e. The van der Waals surface area contributed by atoms with Gasteiger partial charge in [0.2, 0.25) is 0 Å². The Bertz CT molecular complexity index is 798. The van der Waals surface area contributed by atoms with Crippen LogP contribution in [0, 0.1) is 5.41 Å². The second-order valence-corrected chi connectivity index (χ2v) is 7.06. The van der Waals surface area contributed by atoms with Crippen LogP contribution in [0.15, 0.2) is 24.3 Å². The van der Waals surface area contributed by atoms with Crippen molar-refractivity contribution in [2.45, 2.75) is 44.4 Å². The van der Waals surface area contributed by atoms with E-state index in [2.05, 4.69) is 11.9 Å². The molecule has 2 bridgehead atoms. The predicted octanol–water partition coefficient (Wildman–Crippen LogP) is 1.71. The van der Waals surface area contributed by atoms with Gasteiger partial charge in [-0.3, -0.25) is 0 Å². The highest BCUT2D eigenvalue weighted by Crippen LogP contribution is 2.69. The molecule has 21 heavy (non-hydrogen) atoms. The van der Waals surface area contributed by atoms with E-state index >= 15 is 0 Å². The van der Waals surface area contributed by atoms with Gasteiger partial charge in [-0.15, -0.1) is 0 Å². The summed E-state index contributed by atoms with van der Waals surface area (Å²) in [6.07, 6.45) is 1.40. The summed E-state index contributed by atoms with van der Waals surface area (Å²) in [4.78, 5) is 21.5. The van der Waals surface area contributed by atoms with E-state index in [1.54, 1.807) is 0 Å². The van der Waals surface area contributed by atoms with E-state index in [1.807, 2.05) is 38.1 Å². The molecule has 4 nitrogen and oxygen atoms in total. The summed E-state index contributed by atoms with van der Waals surface area (Å²) in [5, 5.41) is 12.1. The number of benzene rings is 1. The topological polar surface area (TPSA) is 65.9 Å². The Morgan fingerprint density at radius 3 is 2.19 bits per heavy atom. The molecule has 108 valence electrons. The Balaban J connectivity index is 2.15. The maximum absolute atomic E-state index is 12.1. The molecule has 2 atom stereocenters. The van der Waals surface area contributed by atoms with Crippen molar-refractivity contribution in [2.24, 2.45) is 5.41 Å². The number of carboxylic acids is 1. The van der Waals surface area contributed by atoms with Gasteiger partial charge >= 0.3 is 0 Å². The third-order valence-electron chi connectivity index (χ3n) is 6.29. The summed E-state index contributed by atoms with van der Waals surface area (Å²) in [7, 11) is 0.